The zero-order valence-corrected chi connectivity index (χ0v) is 10.2. The Bertz CT molecular complexity index is 418. The van der Waals surface area contributed by atoms with Gasteiger partial charge in [0.2, 0.25) is 5.95 Å². The molecule has 0 fully saturated rings. The highest BCUT2D eigenvalue weighted by molar-refractivity contribution is 5.86. The summed E-state index contributed by atoms with van der Waals surface area (Å²) in [5.41, 5.74) is -0.585. The van der Waals surface area contributed by atoms with Crippen molar-refractivity contribution in [2.45, 2.75) is 26.4 Å². The minimum atomic E-state index is -0.585. The molecule has 1 aromatic rings. The first-order valence-corrected chi connectivity index (χ1v) is 5.15. The van der Waals surface area contributed by atoms with Gasteiger partial charge in [-0.1, -0.05) is 5.92 Å². The molecule has 1 amide bonds. The van der Waals surface area contributed by atoms with E-state index in [4.69, 9.17) is 11.2 Å². The first kappa shape index (κ1) is 13.0. The van der Waals surface area contributed by atoms with Gasteiger partial charge in [0.05, 0.1) is 6.54 Å². The zero-order valence-electron chi connectivity index (χ0n) is 10.2. The molecular weight excluding hydrogens is 218 g/mol. The van der Waals surface area contributed by atoms with Crippen LogP contribution in [0.5, 0.6) is 0 Å². The summed E-state index contributed by atoms with van der Waals surface area (Å²) in [4.78, 5) is 21.0. The molecule has 0 unspecified atom stereocenters. The van der Waals surface area contributed by atoms with Crippen LogP contribution in [0, 0.1) is 12.3 Å². The zero-order chi connectivity index (χ0) is 12.9. The fourth-order valence-electron chi connectivity index (χ4n) is 1.06. The highest BCUT2D eigenvalue weighted by Crippen LogP contribution is 2.13. The Morgan fingerprint density at radius 2 is 2.06 bits per heavy atom. The molecule has 0 aliphatic heterocycles. The topological polar surface area (TPSA) is 55.3 Å². The number of terminal acetylenes is 1. The molecule has 0 saturated heterocycles. The first-order valence-electron chi connectivity index (χ1n) is 5.15. The third-order valence-electron chi connectivity index (χ3n) is 1.66. The van der Waals surface area contributed by atoms with Crippen LogP contribution in [0.1, 0.15) is 20.8 Å². The lowest BCUT2D eigenvalue weighted by atomic mass is 10.2. The van der Waals surface area contributed by atoms with Gasteiger partial charge in [0.1, 0.15) is 5.60 Å². The van der Waals surface area contributed by atoms with E-state index in [-0.39, 0.29) is 12.5 Å². The number of anilines is 1. The summed E-state index contributed by atoms with van der Waals surface area (Å²) < 4.78 is 5.22. The van der Waals surface area contributed by atoms with E-state index in [2.05, 4.69) is 15.9 Å². The number of ether oxygens (including phenoxy) is 1. The smallest absolute Gasteiger partial charge is 0.418 e. The number of nitrogens with zero attached hydrogens (tertiary/aromatic N) is 3. The van der Waals surface area contributed by atoms with E-state index in [1.54, 1.807) is 26.8 Å². The molecule has 90 valence electrons. The van der Waals surface area contributed by atoms with Crippen molar-refractivity contribution in [2.24, 2.45) is 0 Å². The van der Waals surface area contributed by atoms with Gasteiger partial charge in [-0.15, -0.1) is 6.42 Å². The van der Waals surface area contributed by atoms with E-state index < -0.39 is 11.7 Å². The monoisotopic (exact) mass is 233 g/mol. The summed E-state index contributed by atoms with van der Waals surface area (Å²) in [5, 5.41) is 0. The van der Waals surface area contributed by atoms with Crippen LogP contribution in [0.2, 0.25) is 0 Å². The third-order valence-corrected chi connectivity index (χ3v) is 1.66. The maximum atomic E-state index is 11.9. The van der Waals surface area contributed by atoms with Crippen LogP contribution in [0.15, 0.2) is 18.5 Å². The van der Waals surface area contributed by atoms with Crippen molar-refractivity contribution in [3.8, 4) is 12.3 Å². The van der Waals surface area contributed by atoms with E-state index in [0.29, 0.717) is 0 Å². The summed E-state index contributed by atoms with van der Waals surface area (Å²) in [6.07, 6.45) is 7.74. The Morgan fingerprint density at radius 1 is 1.47 bits per heavy atom. The third kappa shape index (κ3) is 4.11. The molecule has 0 saturated carbocycles. The van der Waals surface area contributed by atoms with Gasteiger partial charge in [0.25, 0.3) is 0 Å². The highest BCUT2D eigenvalue weighted by atomic mass is 16.6. The largest absolute Gasteiger partial charge is 0.443 e. The molecule has 5 nitrogen and oxygen atoms in total. The van der Waals surface area contributed by atoms with Crippen molar-refractivity contribution in [1.29, 1.82) is 0 Å². The van der Waals surface area contributed by atoms with Crippen LogP contribution in [-0.2, 0) is 4.74 Å². The Morgan fingerprint density at radius 3 is 2.53 bits per heavy atom. The van der Waals surface area contributed by atoms with Crippen molar-refractivity contribution in [3.05, 3.63) is 18.5 Å². The summed E-state index contributed by atoms with van der Waals surface area (Å²) in [6.45, 7) is 5.42. The van der Waals surface area contributed by atoms with Gasteiger partial charge in [-0.05, 0) is 26.8 Å². The maximum absolute atomic E-state index is 11.9. The molecule has 0 atom stereocenters. The van der Waals surface area contributed by atoms with Gasteiger partial charge in [0, 0.05) is 12.4 Å². The van der Waals surface area contributed by atoms with Crippen LogP contribution < -0.4 is 4.90 Å². The Balaban J connectivity index is 2.88. The number of carbonyl (C=O) groups is 1. The lowest BCUT2D eigenvalue weighted by Gasteiger charge is -2.24. The maximum Gasteiger partial charge on any atom is 0.418 e. The van der Waals surface area contributed by atoms with Crippen molar-refractivity contribution in [3.63, 3.8) is 0 Å². The molecule has 17 heavy (non-hydrogen) atoms. The van der Waals surface area contributed by atoms with Gasteiger partial charge in [-0.25, -0.2) is 19.7 Å². The molecule has 1 rings (SSSR count). The highest BCUT2D eigenvalue weighted by Gasteiger charge is 2.24. The van der Waals surface area contributed by atoms with Crippen LogP contribution in [0.25, 0.3) is 0 Å². The number of carbonyl (C=O) groups excluding carboxylic acids is 1. The molecule has 1 heterocycles. The lowest BCUT2D eigenvalue weighted by Crippen LogP contribution is -2.38. The minimum Gasteiger partial charge on any atom is -0.443 e. The SMILES string of the molecule is C#CCN(C(=O)OC(C)(C)C)c1ncccn1. The molecule has 0 aliphatic carbocycles. The number of aromatic nitrogens is 2. The second-order valence-electron chi connectivity index (χ2n) is 4.32. The molecule has 0 aromatic carbocycles. The van der Waals surface area contributed by atoms with E-state index in [1.807, 2.05) is 0 Å². The second-order valence-corrected chi connectivity index (χ2v) is 4.32. The Hall–Kier alpha value is -2.09. The van der Waals surface area contributed by atoms with Crippen LogP contribution in [-0.4, -0.2) is 28.2 Å². The normalized spacial score (nSPS) is 10.5. The molecule has 0 radical (unpaired) electrons. The Labute approximate surface area is 101 Å². The number of rotatable bonds is 2. The molecule has 1 aromatic heterocycles. The van der Waals surface area contributed by atoms with E-state index >= 15 is 0 Å². The van der Waals surface area contributed by atoms with Crippen LogP contribution >= 0.6 is 0 Å². The van der Waals surface area contributed by atoms with Crippen molar-refractivity contribution < 1.29 is 9.53 Å². The average Bonchev–Trinajstić information content (AvgIpc) is 2.24. The van der Waals surface area contributed by atoms with E-state index in [1.165, 1.54) is 17.3 Å². The van der Waals surface area contributed by atoms with Gasteiger partial charge in [-0.3, -0.25) is 0 Å². The number of hydrogen-bond donors (Lipinski definition) is 0. The van der Waals surface area contributed by atoms with Crippen LogP contribution in [0.4, 0.5) is 10.7 Å². The molecule has 0 bridgehead atoms. The molecule has 0 spiro atoms. The predicted molar refractivity (Wildman–Crippen MR) is 64.4 cm³/mol. The van der Waals surface area contributed by atoms with E-state index in [0.717, 1.165) is 0 Å². The lowest BCUT2D eigenvalue weighted by molar-refractivity contribution is 0.0583. The fraction of sp³-hybridized carbons (Fsp3) is 0.417. The van der Waals surface area contributed by atoms with Gasteiger partial charge >= 0.3 is 6.09 Å². The Kier molecular flexibility index (Phi) is 4.05. The number of amides is 1. The predicted octanol–water partition coefficient (Wildman–Crippen LogP) is 1.85. The second kappa shape index (κ2) is 5.30. The van der Waals surface area contributed by atoms with Crippen molar-refractivity contribution in [1.82, 2.24) is 9.97 Å². The number of hydrogen-bond acceptors (Lipinski definition) is 4. The fourth-order valence-corrected chi connectivity index (χ4v) is 1.06. The summed E-state index contributed by atoms with van der Waals surface area (Å²) in [6, 6.07) is 1.66. The summed E-state index contributed by atoms with van der Waals surface area (Å²) >= 11 is 0. The molecule has 0 N–H and O–H groups in total. The van der Waals surface area contributed by atoms with Gasteiger partial charge < -0.3 is 4.74 Å². The summed E-state index contributed by atoms with van der Waals surface area (Å²) in [5.74, 6) is 2.61. The molecule has 0 aliphatic rings. The van der Waals surface area contributed by atoms with Crippen molar-refractivity contribution >= 4 is 12.0 Å². The summed E-state index contributed by atoms with van der Waals surface area (Å²) in [7, 11) is 0. The standard InChI is InChI=1S/C12H15N3O2/c1-5-9-15(10-13-7-6-8-14-10)11(16)17-12(2,3)4/h1,6-8H,9H2,2-4H3. The van der Waals surface area contributed by atoms with Crippen LogP contribution in [0.3, 0.4) is 0 Å². The van der Waals surface area contributed by atoms with Crippen molar-refractivity contribution in [2.75, 3.05) is 11.4 Å². The first-order chi connectivity index (χ1) is 7.94. The molecule has 5 heteroatoms. The average molecular weight is 233 g/mol. The van der Waals surface area contributed by atoms with E-state index in [9.17, 15) is 4.79 Å². The minimum absolute atomic E-state index is 0.0684. The molecular formula is C12H15N3O2. The van der Waals surface area contributed by atoms with Gasteiger partial charge in [0.15, 0.2) is 0 Å². The quantitative estimate of drug-likeness (QED) is 0.731. The van der Waals surface area contributed by atoms with Gasteiger partial charge in [-0.2, -0.15) is 0 Å².